The first kappa shape index (κ1) is 18.8. The van der Waals surface area contributed by atoms with Gasteiger partial charge in [0.1, 0.15) is 5.75 Å². The molecule has 0 atom stereocenters. The molecular formula is C18H15NO7. The number of ketones is 1. The number of carbonyl (C=O) groups is 3. The zero-order valence-corrected chi connectivity index (χ0v) is 14.1. The molecule has 0 fully saturated rings. The molecule has 0 saturated heterocycles. The van der Waals surface area contributed by atoms with E-state index in [1.807, 2.05) is 0 Å². The van der Waals surface area contributed by atoms with E-state index < -0.39 is 29.3 Å². The maximum atomic E-state index is 12.1. The second kappa shape index (κ2) is 8.02. The van der Waals surface area contributed by atoms with Gasteiger partial charge in [-0.3, -0.25) is 19.7 Å². The van der Waals surface area contributed by atoms with Crippen LogP contribution in [-0.4, -0.2) is 29.3 Å². The first-order valence-electron chi connectivity index (χ1n) is 7.52. The van der Waals surface area contributed by atoms with Crippen LogP contribution in [0.1, 0.15) is 33.2 Å². The summed E-state index contributed by atoms with van der Waals surface area (Å²) >= 11 is 0. The predicted molar refractivity (Wildman–Crippen MR) is 90.2 cm³/mol. The van der Waals surface area contributed by atoms with Crippen molar-refractivity contribution in [2.45, 2.75) is 13.8 Å². The Morgan fingerprint density at radius 3 is 2.19 bits per heavy atom. The van der Waals surface area contributed by atoms with Gasteiger partial charge in [0.05, 0.1) is 10.5 Å². The highest BCUT2D eigenvalue weighted by atomic mass is 16.6. The summed E-state index contributed by atoms with van der Waals surface area (Å²) in [5.41, 5.74) is 0.613. The molecule has 2 aromatic carbocycles. The summed E-state index contributed by atoms with van der Waals surface area (Å²) in [5, 5.41) is 10.8. The van der Waals surface area contributed by atoms with Gasteiger partial charge < -0.3 is 9.47 Å². The van der Waals surface area contributed by atoms with Gasteiger partial charge in [0.15, 0.2) is 12.4 Å². The van der Waals surface area contributed by atoms with E-state index in [0.717, 1.165) is 0 Å². The largest absolute Gasteiger partial charge is 0.454 e. The first-order chi connectivity index (χ1) is 12.3. The third-order valence-corrected chi connectivity index (χ3v) is 3.40. The fourth-order valence-electron chi connectivity index (χ4n) is 2.16. The van der Waals surface area contributed by atoms with E-state index in [0.29, 0.717) is 11.3 Å². The van der Waals surface area contributed by atoms with Gasteiger partial charge in [-0.25, -0.2) is 4.79 Å². The van der Waals surface area contributed by atoms with E-state index in [-0.39, 0.29) is 16.8 Å². The van der Waals surface area contributed by atoms with Crippen molar-refractivity contribution in [2.24, 2.45) is 0 Å². The van der Waals surface area contributed by atoms with Gasteiger partial charge in [0, 0.05) is 24.1 Å². The van der Waals surface area contributed by atoms with Crippen molar-refractivity contribution in [3.63, 3.8) is 0 Å². The van der Waals surface area contributed by atoms with Crippen LogP contribution in [0.5, 0.6) is 5.75 Å². The molecule has 134 valence electrons. The fourth-order valence-corrected chi connectivity index (χ4v) is 2.16. The van der Waals surface area contributed by atoms with Crippen LogP contribution in [-0.2, 0) is 9.53 Å². The van der Waals surface area contributed by atoms with Crippen molar-refractivity contribution in [3.05, 3.63) is 69.3 Å². The lowest BCUT2D eigenvalue weighted by Crippen LogP contribution is -2.14. The number of nitrogens with zero attached hydrogens (tertiary/aromatic N) is 1. The van der Waals surface area contributed by atoms with Crippen molar-refractivity contribution < 1.29 is 28.8 Å². The van der Waals surface area contributed by atoms with Crippen LogP contribution < -0.4 is 4.74 Å². The Hall–Kier alpha value is -3.55. The molecule has 8 nitrogen and oxygen atoms in total. The summed E-state index contributed by atoms with van der Waals surface area (Å²) in [7, 11) is 0. The van der Waals surface area contributed by atoms with Gasteiger partial charge in [0.25, 0.3) is 5.69 Å². The van der Waals surface area contributed by atoms with Crippen molar-refractivity contribution in [1.82, 2.24) is 0 Å². The lowest BCUT2D eigenvalue weighted by Gasteiger charge is -2.06. The average molecular weight is 357 g/mol. The molecule has 0 saturated carbocycles. The van der Waals surface area contributed by atoms with Crippen molar-refractivity contribution in [3.8, 4) is 5.75 Å². The molecule has 2 aromatic rings. The number of Topliss-reactive ketones (excluding diaryl/α,β-unsaturated/α-hetero) is 1. The van der Waals surface area contributed by atoms with Gasteiger partial charge in [-0.15, -0.1) is 0 Å². The van der Waals surface area contributed by atoms with Gasteiger partial charge >= 0.3 is 11.9 Å². The minimum atomic E-state index is -0.757. The molecule has 0 spiro atoms. The number of benzene rings is 2. The van der Waals surface area contributed by atoms with Crippen LogP contribution in [0.15, 0.2) is 42.5 Å². The van der Waals surface area contributed by atoms with E-state index in [1.165, 1.54) is 56.3 Å². The molecule has 8 heteroatoms. The smallest absolute Gasteiger partial charge is 0.338 e. The molecule has 0 aliphatic carbocycles. The molecule has 0 amide bonds. The van der Waals surface area contributed by atoms with E-state index in [4.69, 9.17) is 9.47 Å². The first-order valence-corrected chi connectivity index (χ1v) is 7.52. The third-order valence-electron chi connectivity index (χ3n) is 3.40. The monoisotopic (exact) mass is 357 g/mol. The van der Waals surface area contributed by atoms with Crippen molar-refractivity contribution >= 4 is 23.4 Å². The number of nitro groups is 1. The summed E-state index contributed by atoms with van der Waals surface area (Å²) in [6.07, 6.45) is 0. The molecule has 0 radical (unpaired) electrons. The van der Waals surface area contributed by atoms with E-state index in [9.17, 15) is 24.5 Å². The zero-order chi connectivity index (χ0) is 19.3. The standard InChI is InChI=1S/C18H15NO7/c1-11-9-14(5-8-16(11)19(23)24)18(22)25-10-17(21)13-3-6-15(7-4-13)26-12(2)20/h3-9H,10H2,1-2H3. The number of aryl methyl sites for hydroxylation is 1. The van der Waals surface area contributed by atoms with Crippen LogP contribution in [0, 0.1) is 17.0 Å². The number of ether oxygens (including phenoxy) is 2. The maximum absolute atomic E-state index is 12.1. The molecule has 0 aliphatic heterocycles. The number of hydrogen-bond donors (Lipinski definition) is 0. The summed E-state index contributed by atoms with van der Waals surface area (Å²) in [6.45, 7) is 2.28. The Labute approximate surface area is 148 Å². The Balaban J connectivity index is 1.98. The lowest BCUT2D eigenvalue weighted by molar-refractivity contribution is -0.385. The number of esters is 2. The highest BCUT2D eigenvalue weighted by molar-refractivity contribution is 5.99. The topological polar surface area (TPSA) is 113 Å². The lowest BCUT2D eigenvalue weighted by atomic mass is 10.1. The number of hydrogen-bond acceptors (Lipinski definition) is 7. The molecule has 0 bridgehead atoms. The second-order valence-corrected chi connectivity index (χ2v) is 5.38. The molecule has 0 aromatic heterocycles. The van der Waals surface area contributed by atoms with Crippen LogP contribution >= 0.6 is 0 Å². The van der Waals surface area contributed by atoms with Gasteiger partial charge in [-0.05, 0) is 43.3 Å². The quantitative estimate of drug-likeness (QED) is 0.257. The summed E-state index contributed by atoms with van der Waals surface area (Å²) in [4.78, 5) is 45.1. The predicted octanol–water partition coefficient (Wildman–Crippen LogP) is 2.87. The molecule has 0 N–H and O–H groups in total. The normalized spacial score (nSPS) is 10.1. The molecule has 26 heavy (non-hydrogen) atoms. The Morgan fingerprint density at radius 2 is 1.65 bits per heavy atom. The molecule has 2 rings (SSSR count). The third kappa shape index (κ3) is 4.73. The van der Waals surface area contributed by atoms with Crippen LogP contribution in [0.3, 0.4) is 0 Å². The minimum absolute atomic E-state index is 0.106. The van der Waals surface area contributed by atoms with Crippen molar-refractivity contribution in [1.29, 1.82) is 0 Å². The molecule has 0 unspecified atom stereocenters. The SMILES string of the molecule is CC(=O)Oc1ccc(C(=O)COC(=O)c2ccc([N+](=O)[O-])c(C)c2)cc1. The Bertz CT molecular complexity index is 872. The summed E-state index contributed by atoms with van der Waals surface area (Å²) < 4.78 is 9.81. The number of rotatable bonds is 6. The maximum Gasteiger partial charge on any atom is 0.338 e. The van der Waals surface area contributed by atoms with E-state index in [1.54, 1.807) is 0 Å². The van der Waals surface area contributed by atoms with E-state index in [2.05, 4.69) is 0 Å². The molecule has 0 heterocycles. The Kier molecular flexibility index (Phi) is 5.79. The van der Waals surface area contributed by atoms with Crippen molar-refractivity contribution in [2.75, 3.05) is 6.61 Å². The number of nitro benzene ring substituents is 1. The molecule has 0 aliphatic rings. The average Bonchev–Trinajstić information content (AvgIpc) is 2.59. The van der Waals surface area contributed by atoms with Crippen LogP contribution in [0.2, 0.25) is 0 Å². The zero-order valence-electron chi connectivity index (χ0n) is 14.1. The van der Waals surface area contributed by atoms with E-state index >= 15 is 0 Å². The van der Waals surface area contributed by atoms with Gasteiger partial charge in [0.2, 0.25) is 0 Å². The molecular weight excluding hydrogens is 342 g/mol. The van der Waals surface area contributed by atoms with Crippen LogP contribution in [0.25, 0.3) is 0 Å². The van der Waals surface area contributed by atoms with Crippen LogP contribution in [0.4, 0.5) is 5.69 Å². The summed E-state index contributed by atoms with van der Waals surface area (Å²) in [6, 6.07) is 9.62. The van der Waals surface area contributed by atoms with Gasteiger partial charge in [-0.2, -0.15) is 0 Å². The highest BCUT2D eigenvalue weighted by Gasteiger charge is 2.16. The fraction of sp³-hybridized carbons (Fsp3) is 0.167. The Morgan fingerprint density at radius 1 is 1.04 bits per heavy atom. The van der Waals surface area contributed by atoms with Gasteiger partial charge in [-0.1, -0.05) is 0 Å². The minimum Gasteiger partial charge on any atom is -0.454 e. The summed E-state index contributed by atoms with van der Waals surface area (Å²) in [5.74, 6) is -1.37. The second-order valence-electron chi connectivity index (χ2n) is 5.38. The highest BCUT2D eigenvalue weighted by Crippen LogP contribution is 2.19. The number of carbonyl (C=O) groups excluding carboxylic acids is 3.